The minimum atomic E-state index is 0. The first-order valence-corrected chi connectivity index (χ1v) is 12.5. The Morgan fingerprint density at radius 1 is 0.972 bits per heavy atom. The second-order valence-corrected chi connectivity index (χ2v) is 9.50. The lowest BCUT2D eigenvalue weighted by atomic mass is 10.2. The molecule has 0 radical (unpaired) electrons. The smallest absolute Gasteiger partial charge is 0.275 e. The minimum absolute atomic E-state index is 0. The van der Waals surface area contributed by atoms with Crippen LogP contribution < -0.4 is 44.9 Å². The number of benzene rings is 1. The van der Waals surface area contributed by atoms with Crippen LogP contribution in [0.15, 0.2) is 59.5 Å². The predicted molar refractivity (Wildman–Crippen MR) is 134 cm³/mol. The summed E-state index contributed by atoms with van der Waals surface area (Å²) in [5.41, 5.74) is 3.58. The van der Waals surface area contributed by atoms with Crippen LogP contribution in [0.5, 0.6) is 5.88 Å². The Morgan fingerprint density at radius 3 is 2.42 bits per heavy atom. The van der Waals surface area contributed by atoms with E-state index < -0.39 is 0 Å². The summed E-state index contributed by atoms with van der Waals surface area (Å²) >= 11 is 6.00. The third-order valence-electron chi connectivity index (χ3n) is 6.83. The van der Waals surface area contributed by atoms with Crippen molar-refractivity contribution in [2.45, 2.75) is 26.4 Å². The average molecular weight is 553 g/mol. The molecule has 0 unspecified atom stereocenters. The summed E-state index contributed by atoms with van der Waals surface area (Å²) in [6, 6.07) is 15.8. The third-order valence-corrected chi connectivity index (χ3v) is 7.09. The molecule has 0 amide bonds. The third kappa shape index (κ3) is 6.15. The zero-order chi connectivity index (χ0) is 23.5. The van der Waals surface area contributed by atoms with Crippen molar-refractivity contribution in [3.63, 3.8) is 0 Å². The van der Waals surface area contributed by atoms with Crippen molar-refractivity contribution in [3.05, 3.63) is 75.7 Å². The SMILES string of the molecule is CCn1c(=O)c2cccn2c2nc(OCCC[NH+]3CC[NH+](Cc4ccc(Cl)cc4)CC3)ccc21.[Cl-].[Cl-]. The number of hydrogen-bond donors (Lipinski definition) is 2. The second-order valence-electron chi connectivity index (χ2n) is 9.06. The number of fused-ring (bicyclic) bond motifs is 3. The first kappa shape index (κ1) is 28.3. The summed E-state index contributed by atoms with van der Waals surface area (Å²) in [5.74, 6) is 0.607. The highest BCUT2D eigenvalue weighted by Crippen LogP contribution is 2.17. The van der Waals surface area contributed by atoms with Gasteiger partial charge in [-0.3, -0.25) is 9.20 Å². The van der Waals surface area contributed by atoms with Crippen molar-refractivity contribution in [3.8, 4) is 5.88 Å². The van der Waals surface area contributed by atoms with Crippen LogP contribution in [0.1, 0.15) is 18.9 Å². The summed E-state index contributed by atoms with van der Waals surface area (Å²) < 4.78 is 9.62. The van der Waals surface area contributed by atoms with Gasteiger partial charge < -0.3 is 43.9 Å². The molecule has 2 N–H and O–H groups in total. The molecule has 0 saturated carbocycles. The number of halogens is 3. The number of quaternary nitrogens is 2. The van der Waals surface area contributed by atoms with Crippen LogP contribution in [0.3, 0.4) is 0 Å². The highest BCUT2D eigenvalue weighted by molar-refractivity contribution is 6.30. The summed E-state index contributed by atoms with van der Waals surface area (Å²) in [6.07, 6.45) is 2.88. The Balaban J connectivity index is 0.00000180. The van der Waals surface area contributed by atoms with E-state index in [1.54, 1.807) is 14.4 Å². The van der Waals surface area contributed by atoms with E-state index >= 15 is 0 Å². The monoisotopic (exact) mass is 551 g/mol. The molecule has 0 atom stereocenters. The molecule has 1 aliphatic heterocycles. The van der Waals surface area contributed by atoms with E-state index in [1.807, 2.05) is 53.9 Å². The number of nitrogens with one attached hydrogen (secondary N) is 2. The van der Waals surface area contributed by atoms with Gasteiger partial charge in [0.15, 0.2) is 5.65 Å². The van der Waals surface area contributed by atoms with Crippen LogP contribution in [0.2, 0.25) is 5.02 Å². The number of rotatable bonds is 8. The maximum absolute atomic E-state index is 12.7. The molecular formula is C26H32Cl3N5O2. The maximum atomic E-state index is 12.7. The van der Waals surface area contributed by atoms with Gasteiger partial charge in [-0.1, -0.05) is 23.7 Å². The number of hydrogen-bond acceptors (Lipinski definition) is 3. The Hall–Kier alpha value is -2.29. The molecule has 7 nitrogen and oxygen atoms in total. The number of ether oxygens (including phenoxy) is 1. The molecule has 1 fully saturated rings. The van der Waals surface area contributed by atoms with Crippen molar-refractivity contribution in [1.29, 1.82) is 0 Å². The molecule has 36 heavy (non-hydrogen) atoms. The minimum Gasteiger partial charge on any atom is -1.00 e. The van der Waals surface area contributed by atoms with Gasteiger partial charge in [0.05, 0.1) is 18.7 Å². The van der Waals surface area contributed by atoms with Crippen molar-refractivity contribution in [1.82, 2.24) is 14.0 Å². The van der Waals surface area contributed by atoms with Crippen molar-refractivity contribution in [2.24, 2.45) is 0 Å². The maximum Gasteiger partial charge on any atom is 0.275 e. The molecule has 10 heteroatoms. The van der Waals surface area contributed by atoms with Gasteiger partial charge in [0.2, 0.25) is 5.88 Å². The van der Waals surface area contributed by atoms with E-state index in [4.69, 9.17) is 21.3 Å². The molecule has 5 rings (SSSR count). The van der Waals surface area contributed by atoms with Gasteiger partial charge in [-0.05, 0) is 37.3 Å². The molecule has 4 aromatic rings. The van der Waals surface area contributed by atoms with Crippen LogP contribution >= 0.6 is 11.6 Å². The fourth-order valence-electron chi connectivity index (χ4n) is 4.97. The van der Waals surface area contributed by atoms with Gasteiger partial charge in [0.1, 0.15) is 38.2 Å². The van der Waals surface area contributed by atoms with Crippen LogP contribution in [0.4, 0.5) is 0 Å². The van der Waals surface area contributed by atoms with Gasteiger partial charge in [0, 0.05) is 35.8 Å². The summed E-state index contributed by atoms with van der Waals surface area (Å²) in [6.45, 7) is 10.2. The number of pyridine rings is 1. The van der Waals surface area contributed by atoms with Crippen LogP contribution in [0.25, 0.3) is 16.7 Å². The lowest BCUT2D eigenvalue weighted by molar-refractivity contribution is -1.02. The largest absolute Gasteiger partial charge is 1.00 e. The number of nitrogens with zero attached hydrogens (tertiary/aromatic N) is 3. The van der Waals surface area contributed by atoms with E-state index in [-0.39, 0.29) is 30.4 Å². The topological polar surface area (TPSA) is 57.4 Å². The van der Waals surface area contributed by atoms with E-state index in [1.165, 1.54) is 31.7 Å². The Kier molecular flexibility index (Phi) is 10.0. The number of aryl methyl sites for hydroxylation is 1. The Labute approximate surface area is 228 Å². The van der Waals surface area contributed by atoms with E-state index in [9.17, 15) is 4.79 Å². The summed E-state index contributed by atoms with van der Waals surface area (Å²) in [5, 5.41) is 0.799. The van der Waals surface area contributed by atoms with Gasteiger partial charge in [-0.15, -0.1) is 0 Å². The molecule has 0 spiro atoms. The van der Waals surface area contributed by atoms with E-state index in [0.29, 0.717) is 24.5 Å². The lowest BCUT2D eigenvalue weighted by Crippen LogP contribution is -3.27. The first-order chi connectivity index (χ1) is 16.6. The normalized spacial score (nSPS) is 17.5. The molecule has 0 aliphatic carbocycles. The Morgan fingerprint density at radius 2 is 1.69 bits per heavy atom. The molecule has 1 saturated heterocycles. The van der Waals surface area contributed by atoms with Crippen molar-refractivity contribution in [2.75, 3.05) is 39.3 Å². The van der Waals surface area contributed by atoms with Gasteiger partial charge >= 0.3 is 0 Å². The van der Waals surface area contributed by atoms with Crippen molar-refractivity contribution >= 4 is 28.3 Å². The molecule has 4 heterocycles. The van der Waals surface area contributed by atoms with Gasteiger partial charge in [-0.2, -0.15) is 4.98 Å². The highest BCUT2D eigenvalue weighted by Gasteiger charge is 2.22. The standard InChI is InChI=1S/C26H30ClN5O2.2ClH/c1-2-31-22-10-11-24(28-25(22)32-13-3-5-23(32)26(31)33)34-18-4-12-29-14-16-30(17-15-29)19-20-6-8-21(27)9-7-20;;/h3,5-11,13H,2,4,12,14-19H2,1H3;2*1H. The predicted octanol–water partition coefficient (Wildman–Crippen LogP) is -4.92. The quantitative estimate of drug-likeness (QED) is 0.216. The number of piperazine rings is 1. The van der Waals surface area contributed by atoms with Crippen LogP contribution in [0, 0.1) is 0 Å². The summed E-state index contributed by atoms with van der Waals surface area (Å²) in [4.78, 5) is 20.7. The molecule has 3 aromatic heterocycles. The van der Waals surface area contributed by atoms with Crippen LogP contribution in [-0.2, 0) is 13.1 Å². The lowest BCUT2D eigenvalue weighted by Gasteiger charge is -2.29. The first-order valence-electron chi connectivity index (χ1n) is 12.2. The zero-order valence-electron chi connectivity index (χ0n) is 20.4. The highest BCUT2D eigenvalue weighted by atomic mass is 35.5. The Bertz CT molecular complexity index is 1330. The molecule has 1 aromatic carbocycles. The fraction of sp³-hybridized carbons (Fsp3) is 0.385. The van der Waals surface area contributed by atoms with Crippen molar-refractivity contribution < 1.29 is 39.4 Å². The van der Waals surface area contributed by atoms with E-state index in [0.717, 1.165) is 35.7 Å². The fourth-order valence-corrected chi connectivity index (χ4v) is 5.09. The molecule has 0 bridgehead atoms. The zero-order valence-corrected chi connectivity index (χ0v) is 22.6. The molecule has 1 aliphatic rings. The number of aromatic nitrogens is 3. The van der Waals surface area contributed by atoms with E-state index in [2.05, 4.69) is 12.1 Å². The van der Waals surface area contributed by atoms with Gasteiger partial charge in [-0.25, -0.2) is 0 Å². The average Bonchev–Trinajstić information content (AvgIpc) is 3.36. The summed E-state index contributed by atoms with van der Waals surface area (Å²) in [7, 11) is 0. The second kappa shape index (κ2) is 12.8. The molecular weight excluding hydrogens is 521 g/mol. The van der Waals surface area contributed by atoms with Crippen LogP contribution in [-0.4, -0.2) is 53.3 Å². The molecule has 194 valence electrons. The van der Waals surface area contributed by atoms with Gasteiger partial charge in [0.25, 0.3) is 5.56 Å².